The highest BCUT2D eigenvalue weighted by Crippen LogP contribution is 2.38. The minimum absolute atomic E-state index is 0.0194. The van der Waals surface area contributed by atoms with Gasteiger partial charge in [-0.3, -0.25) is 14.7 Å². The van der Waals surface area contributed by atoms with Crippen molar-refractivity contribution in [3.63, 3.8) is 0 Å². The van der Waals surface area contributed by atoms with Gasteiger partial charge >= 0.3 is 6.03 Å². The van der Waals surface area contributed by atoms with Crippen molar-refractivity contribution in [1.82, 2.24) is 19.7 Å². The van der Waals surface area contributed by atoms with Crippen LogP contribution in [0.3, 0.4) is 0 Å². The lowest BCUT2D eigenvalue weighted by atomic mass is 9.84. The van der Waals surface area contributed by atoms with Crippen molar-refractivity contribution < 1.29 is 9.59 Å². The first kappa shape index (κ1) is 25.4. The molecular weight excluding hydrogens is 436 g/mol. The third kappa shape index (κ3) is 5.75. The van der Waals surface area contributed by atoms with Gasteiger partial charge < -0.3 is 9.80 Å². The van der Waals surface area contributed by atoms with Crippen LogP contribution in [-0.4, -0.2) is 69.4 Å². The van der Waals surface area contributed by atoms with Gasteiger partial charge in [-0.2, -0.15) is 0 Å². The Morgan fingerprint density at radius 2 is 1.66 bits per heavy atom. The van der Waals surface area contributed by atoms with E-state index >= 15 is 0 Å². The molecule has 2 aliphatic heterocycles. The fourth-order valence-corrected chi connectivity index (χ4v) is 5.61. The molecule has 2 fully saturated rings. The molecule has 4 rings (SSSR count). The molecule has 1 spiro atoms. The summed E-state index contributed by atoms with van der Waals surface area (Å²) in [6, 6.07) is 15.0. The highest BCUT2D eigenvalue weighted by Gasteiger charge is 2.57. The second-order valence-corrected chi connectivity index (χ2v) is 10.6. The van der Waals surface area contributed by atoms with Gasteiger partial charge in [0.2, 0.25) is 0 Å². The van der Waals surface area contributed by atoms with Crippen LogP contribution in [0.4, 0.5) is 4.79 Å². The van der Waals surface area contributed by atoms with Gasteiger partial charge in [-0.15, -0.1) is 0 Å². The summed E-state index contributed by atoms with van der Waals surface area (Å²) in [6.07, 6.45) is 8.80. The molecule has 35 heavy (non-hydrogen) atoms. The lowest BCUT2D eigenvalue weighted by molar-refractivity contribution is -0.136. The molecule has 1 aromatic heterocycles. The van der Waals surface area contributed by atoms with E-state index in [1.54, 1.807) is 6.20 Å². The number of likely N-dealkylation sites (tertiary alicyclic amines) is 1. The number of carbonyl (C=O) groups excluding carboxylic acids is 2. The smallest absolute Gasteiger partial charge is 0.309 e. The average Bonchev–Trinajstić information content (AvgIpc) is 3.05. The molecular formula is C29H40N4O2. The summed E-state index contributed by atoms with van der Waals surface area (Å²) < 4.78 is 0. The topological polar surface area (TPSA) is 56.8 Å². The van der Waals surface area contributed by atoms with Crippen molar-refractivity contribution >= 4 is 11.9 Å². The maximum Gasteiger partial charge on any atom is 0.327 e. The summed E-state index contributed by atoms with van der Waals surface area (Å²) in [5, 5.41) is 0. The van der Waals surface area contributed by atoms with Crippen LogP contribution in [0.2, 0.25) is 0 Å². The van der Waals surface area contributed by atoms with Crippen molar-refractivity contribution in [1.29, 1.82) is 0 Å². The first-order chi connectivity index (χ1) is 16.9. The number of aryl methyl sites for hydroxylation is 2. The standard InChI is InChI=1S/C29H40N4O2/c1-23(2)22-33-28(35)32(18-8-12-26-11-7-17-30-21-26)27(34)29(33)15-19-31(20-16-29)24(3)13-14-25-9-5-4-6-10-25/h4-7,9-11,17,21,23-24H,8,12-16,18-20,22H2,1-3H3/t24-/m0/s1. The fraction of sp³-hybridized carbons (Fsp3) is 0.552. The van der Waals surface area contributed by atoms with Crippen LogP contribution in [0.25, 0.3) is 0 Å². The van der Waals surface area contributed by atoms with Crippen molar-refractivity contribution in [3.05, 3.63) is 66.0 Å². The van der Waals surface area contributed by atoms with Crippen LogP contribution < -0.4 is 0 Å². The van der Waals surface area contributed by atoms with E-state index in [9.17, 15) is 9.59 Å². The SMILES string of the molecule is CC(C)CN1C(=O)N(CCCc2cccnc2)C(=O)C12CCN([C@@H](C)CCc1ccccc1)CC2. The van der Waals surface area contributed by atoms with Crippen molar-refractivity contribution in [3.8, 4) is 0 Å². The van der Waals surface area contributed by atoms with Crippen LogP contribution in [0.1, 0.15) is 57.6 Å². The number of hydrogen-bond donors (Lipinski definition) is 0. The summed E-state index contributed by atoms with van der Waals surface area (Å²) in [5.74, 6) is 0.340. The number of imide groups is 1. The Hall–Kier alpha value is -2.73. The van der Waals surface area contributed by atoms with E-state index in [0.29, 0.717) is 25.0 Å². The predicted octanol–water partition coefficient (Wildman–Crippen LogP) is 4.79. The predicted molar refractivity (Wildman–Crippen MR) is 139 cm³/mol. The highest BCUT2D eigenvalue weighted by atomic mass is 16.2. The molecule has 3 heterocycles. The van der Waals surface area contributed by atoms with Crippen LogP contribution in [-0.2, 0) is 17.6 Å². The van der Waals surface area contributed by atoms with Gasteiger partial charge in [-0.1, -0.05) is 50.2 Å². The van der Waals surface area contributed by atoms with Crippen LogP contribution in [0.5, 0.6) is 0 Å². The number of piperidine rings is 1. The molecule has 0 N–H and O–H groups in total. The van der Waals surface area contributed by atoms with E-state index in [2.05, 4.69) is 61.0 Å². The Morgan fingerprint density at radius 3 is 2.31 bits per heavy atom. The lowest BCUT2D eigenvalue weighted by Gasteiger charge is -2.44. The summed E-state index contributed by atoms with van der Waals surface area (Å²) in [7, 11) is 0. The molecule has 2 saturated heterocycles. The minimum atomic E-state index is -0.675. The molecule has 0 aliphatic carbocycles. The molecule has 2 aliphatic rings. The highest BCUT2D eigenvalue weighted by molar-refractivity contribution is 6.07. The molecule has 1 aromatic carbocycles. The van der Waals surface area contributed by atoms with Gasteiger partial charge in [0, 0.05) is 44.6 Å². The number of carbonyl (C=O) groups is 2. The van der Waals surface area contributed by atoms with E-state index < -0.39 is 5.54 Å². The molecule has 0 bridgehead atoms. The summed E-state index contributed by atoms with van der Waals surface area (Å²) in [6.45, 7) is 9.35. The number of aromatic nitrogens is 1. The maximum absolute atomic E-state index is 13.7. The second-order valence-electron chi connectivity index (χ2n) is 10.6. The van der Waals surface area contributed by atoms with E-state index in [0.717, 1.165) is 57.2 Å². The molecule has 0 unspecified atom stereocenters. The molecule has 2 aromatic rings. The molecule has 6 nitrogen and oxygen atoms in total. The first-order valence-electron chi connectivity index (χ1n) is 13.2. The zero-order chi connectivity index (χ0) is 24.8. The van der Waals surface area contributed by atoms with Crippen LogP contribution in [0.15, 0.2) is 54.9 Å². The third-order valence-corrected chi connectivity index (χ3v) is 7.68. The van der Waals surface area contributed by atoms with Crippen molar-refractivity contribution in [2.45, 2.75) is 70.9 Å². The van der Waals surface area contributed by atoms with E-state index in [-0.39, 0.29) is 11.9 Å². The summed E-state index contributed by atoms with van der Waals surface area (Å²) in [4.78, 5) is 37.3. The van der Waals surface area contributed by atoms with Crippen LogP contribution >= 0.6 is 0 Å². The number of urea groups is 1. The maximum atomic E-state index is 13.7. The number of nitrogens with zero attached hydrogens (tertiary/aromatic N) is 4. The quantitative estimate of drug-likeness (QED) is 0.463. The summed E-state index contributed by atoms with van der Waals surface area (Å²) >= 11 is 0. The molecule has 6 heteroatoms. The Labute approximate surface area is 210 Å². The number of hydrogen-bond acceptors (Lipinski definition) is 4. The average molecular weight is 477 g/mol. The molecule has 0 radical (unpaired) electrons. The zero-order valence-corrected chi connectivity index (χ0v) is 21.5. The first-order valence-corrected chi connectivity index (χ1v) is 13.2. The van der Waals surface area contributed by atoms with Crippen molar-refractivity contribution in [2.75, 3.05) is 26.2 Å². The minimum Gasteiger partial charge on any atom is -0.309 e. The fourth-order valence-electron chi connectivity index (χ4n) is 5.61. The number of amides is 3. The largest absolute Gasteiger partial charge is 0.327 e. The molecule has 3 amide bonds. The number of benzene rings is 1. The Balaban J connectivity index is 1.38. The van der Waals surface area contributed by atoms with Gasteiger partial charge in [0.15, 0.2) is 0 Å². The van der Waals surface area contributed by atoms with Crippen LogP contribution in [0, 0.1) is 5.92 Å². The lowest BCUT2D eigenvalue weighted by Crippen LogP contribution is -2.58. The monoisotopic (exact) mass is 476 g/mol. The van der Waals surface area contributed by atoms with Gasteiger partial charge in [0.25, 0.3) is 5.91 Å². The molecule has 1 atom stereocenters. The number of rotatable bonds is 10. The zero-order valence-electron chi connectivity index (χ0n) is 21.5. The van der Waals surface area contributed by atoms with E-state index in [4.69, 9.17) is 0 Å². The normalized spacial score (nSPS) is 19.2. The second kappa shape index (κ2) is 11.3. The molecule has 188 valence electrons. The number of pyridine rings is 1. The van der Waals surface area contributed by atoms with E-state index in [1.807, 2.05) is 23.2 Å². The Bertz CT molecular complexity index is 971. The third-order valence-electron chi connectivity index (χ3n) is 7.68. The van der Waals surface area contributed by atoms with Crippen molar-refractivity contribution in [2.24, 2.45) is 5.92 Å². The van der Waals surface area contributed by atoms with Gasteiger partial charge in [0.1, 0.15) is 5.54 Å². The Kier molecular flexibility index (Phi) is 8.22. The van der Waals surface area contributed by atoms with E-state index in [1.165, 1.54) is 10.5 Å². The van der Waals surface area contributed by atoms with Gasteiger partial charge in [-0.25, -0.2) is 4.79 Å². The summed E-state index contributed by atoms with van der Waals surface area (Å²) in [5.41, 5.74) is 1.83. The van der Waals surface area contributed by atoms with Gasteiger partial charge in [0.05, 0.1) is 0 Å². The Morgan fingerprint density at radius 1 is 0.943 bits per heavy atom. The van der Waals surface area contributed by atoms with Gasteiger partial charge in [-0.05, 0) is 68.6 Å². The molecule has 0 saturated carbocycles.